The van der Waals surface area contributed by atoms with E-state index in [1.807, 2.05) is 12.3 Å². The van der Waals surface area contributed by atoms with Crippen LogP contribution in [0.1, 0.15) is 73.0 Å². The average molecular weight is 440 g/mol. The largest absolute Gasteiger partial charge is 0.489 e. The Morgan fingerprint density at radius 3 is 2.52 bits per heavy atom. The summed E-state index contributed by atoms with van der Waals surface area (Å²) in [6, 6.07) is 12.9. The zero-order valence-corrected chi connectivity index (χ0v) is 20.5. The van der Waals surface area contributed by atoms with Crippen LogP contribution in [-0.2, 0) is 6.61 Å². The number of H-pyrrole nitrogens is 1. The summed E-state index contributed by atoms with van der Waals surface area (Å²) >= 11 is 0. The van der Waals surface area contributed by atoms with E-state index in [1.165, 1.54) is 11.1 Å². The fourth-order valence-corrected chi connectivity index (χ4v) is 4.30. The fourth-order valence-electron chi connectivity index (χ4n) is 4.30. The molecular weight excluding hydrogens is 406 g/mol. The topological polar surface area (TPSA) is 50.8 Å². The summed E-state index contributed by atoms with van der Waals surface area (Å²) in [4.78, 5) is 5.04. The maximum atomic E-state index is 6.30. The molecule has 0 saturated carbocycles. The van der Waals surface area contributed by atoms with Gasteiger partial charge < -0.3 is 4.74 Å². The van der Waals surface area contributed by atoms with E-state index in [4.69, 9.17) is 9.72 Å². The molecule has 0 bridgehead atoms. The van der Waals surface area contributed by atoms with Crippen molar-refractivity contribution in [3.63, 3.8) is 0 Å². The lowest BCUT2D eigenvalue weighted by molar-refractivity contribution is 0.302. The lowest BCUT2D eigenvalue weighted by Crippen LogP contribution is -2.06. The van der Waals surface area contributed by atoms with Crippen LogP contribution in [0, 0.1) is 13.8 Å². The molecule has 0 radical (unpaired) electrons. The van der Waals surface area contributed by atoms with Crippen molar-refractivity contribution in [1.29, 1.82) is 0 Å². The van der Waals surface area contributed by atoms with Gasteiger partial charge in [0.1, 0.15) is 12.4 Å². The predicted octanol–water partition coefficient (Wildman–Crippen LogP) is 7.71. The number of rotatable bonds is 7. The third kappa shape index (κ3) is 4.43. The number of aromatic amines is 1. The molecule has 4 nitrogen and oxygen atoms in total. The summed E-state index contributed by atoms with van der Waals surface area (Å²) in [5.41, 5.74) is 9.83. The zero-order chi connectivity index (χ0) is 23.7. The second-order valence-electron chi connectivity index (χ2n) is 9.35. The molecule has 2 heterocycles. The first-order valence-electron chi connectivity index (χ1n) is 11.6. The molecule has 0 atom stereocenters. The van der Waals surface area contributed by atoms with Crippen molar-refractivity contribution in [2.45, 2.75) is 60.0 Å². The van der Waals surface area contributed by atoms with Gasteiger partial charge in [-0.15, -0.1) is 0 Å². The summed E-state index contributed by atoms with van der Waals surface area (Å²) in [5.74, 6) is 1.75. The fraction of sp³-hybridized carbons (Fsp3) is 0.310. The minimum absolute atomic E-state index is 0.368. The molecule has 2 aromatic heterocycles. The Morgan fingerprint density at radius 2 is 1.82 bits per heavy atom. The zero-order valence-electron chi connectivity index (χ0n) is 20.5. The van der Waals surface area contributed by atoms with E-state index >= 15 is 0 Å². The first-order chi connectivity index (χ1) is 15.8. The highest BCUT2D eigenvalue weighted by molar-refractivity contribution is 5.95. The number of nitrogens with zero attached hydrogens (tertiary/aromatic N) is 2. The monoisotopic (exact) mass is 439 g/mol. The summed E-state index contributed by atoms with van der Waals surface area (Å²) in [7, 11) is 0. The molecule has 0 saturated heterocycles. The molecule has 170 valence electrons. The SMILES string of the molecule is C=Cc1cc(-c2c(C(C)C)ccc3[nH]ncc23)nc(C)c1COc1cc(C(C)C)ccc1C. The van der Waals surface area contributed by atoms with Gasteiger partial charge in [-0.05, 0) is 66.1 Å². The third-order valence-corrected chi connectivity index (χ3v) is 6.37. The average Bonchev–Trinajstić information content (AvgIpc) is 3.26. The Bertz CT molecular complexity index is 1310. The van der Waals surface area contributed by atoms with E-state index in [2.05, 4.69) is 94.7 Å². The van der Waals surface area contributed by atoms with Gasteiger partial charge >= 0.3 is 0 Å². The van der Waals surface area contributed by atoms with Crippen LogP contribution in [0.4, 0.5) is 0 Å². The first-order valence-corrected chi connectivity index (χ1v) is 11.6. The smallest absolute Gasteiger partial charge is 0.123 e. The molecule has 4 heteroatoms. The van der Waals surface area contributed by atoms with Crippen molar-refractivity contribution in [2.75, 3.05) is 0 Å². The Morgan fingerprint density at radius 1 is 1.03 bits per heavy atom. The van der Waals surface area contributed by atoms with E-state index in [0.29, 0.717) is 18.4 Å². The first kappa shape index (κ1) is 22.8. The lowest BCUT2D eigenvalue weighted by Gasteiger charge is -2.18. The molecule has 4 aromatic rings. The van der Waals surface area contributed by atoms with Gasteiger partial charge in [-0.1, -0.05) is 58.5 Å². The van der Waals surface area contributed by atoms with Crippen molar-refractivity contribution in [2.24, 2.45) is 0 Å². The highest BCUT2D eigenvalue weighted by atomic mass is 16.5. The van der Waals surface area contributed by atoms with Gasteiger partial charge in [-0.25, -0.2) is 0 Å². The Kier molecular flexibility index (Phi) is 6.37. The molecule has 33 heavy (non-hydrogen) atoms. The molecule has 0 fully saturated rings. The van der Waals surface area contributed by atoms with Crippen molar-refractivity contribution in [3.05, 3.63) is 82.7 Å². The van der Waals surface area contributed by atoms with Crippen LogP contribution in [0.2, 0.25) is 0 Å². The normalized spacial score (nSPS) is 11.5. The number of pyridine rings is 1. The van der Waals surface area contributed by atoms with E-state index < -0.39 is 0 Å². The van der Waals surface area contributed by atoms with E-state index in [-0.39, 0.29) is 0 Å². The molecule has 0 spiro atoms. The van der Waals surface area contributed by atoms with E-state index in [1.54, 1.807) is 0 Å². The molecule has 2 aromatic carbocycles. The Hall–Kier alpha value is -3.40. The van der Waals surface area contributed by atoms with Gasteiger partial charge in [0, 0.05) is 22.2 Å². The second-order valence-corrected chi connectivity index (χ2v) is 9.35. The quantitative estimate of drug-likeness (QED) is 0.321. The molecule has 0 aliphatic rings. The van der Waals surface area contributed by atoms with Crippen molar-refractivity contribution in [3.8, 4) is 17.0 Å². The summed E-state index contributed by atoms with van der Waals surface area (Å²) < 4.78 is 6.30. The Balaban J connectivity index is 1.75. The number of nitrogens with one attached hydrogen (secondary N) is 1. The van der Waals surface area contributed by atoms with Crippen LogP contribution < -0.4 is 4.74 Å². The van der Waals surface area contributed by atoms with Crippen LogP contribution in [0.15, 0.2) is 49.2 Å². The van der Waals surface area contributed by atoms with Gasteiger partial charge in [0.05, 0.1) is 17.4 Å². The summed E-state index contributed by atoms with van der Waals surface area (Å²) in [5, 5.41) is 8.45. The molecule has 0 aliphatic carbocycles. The van der Waals surface area contributed by atoms with Crippen molar-refractivity contribution < 1.29 is 4.74 Å². The number of benzene rings is 2. The molecule has 0 unspecified atom stereocenters. The second kappa shape index (κ2) is 9.22. The molecular formula is C29H33N3O. The summed E-state index contributed by atoms with van der Waals surface area (Å²) in [6.07, 6.45) is 3.79. The number of hydrogen-bond acceptors (Lipinski definition) is 3. The van der Waals surface area contributed by atoms with Crippen LogP contribution in [0.5, 0.6) is 5.75 Å². The van der Waals surface area contributed by atoms with Crippen molar-refractivity contribution in [1.82, 2.24) is 15.2 Å². The number of aryl methyl sites for hydroxylation is 2. The molecule has 0 aliphatic heterocycles. The van der Waals surface area contributed by atoms with Crippen LogP contribution in [0.3, 0.4) is 0 Å². The highest BCUT2D eigenvalue weighted by Crippen LogP contribution is 2.36. The number of ether oxygens (including phenoxy) is 1. The van der Waals surface area contributed by atoms with Gasteiger partial charge in [-0.3, -0.25) is 10.1 Å². The standard InChI is InChI=1S/C29H33N3O/c1-8-21-13-27(29-23(18(4)5)11-12-26-24(29)15-30-32-26)31-20(7)25(21)16-33-28-14-22(17(2)3)10-9-19(28)6/h8-15,17-18H,1,16H2,2-7H3,(H,30,32). The number of fused-ring (bicyclic) bond motifs is 1. The molecule has 0 amide bonds. The van der Waals surface area contributed by atoms with E-state index in [0.717, 1.165) is 50.3 Å². The van der Waals surface area contributed by atoms with Gasteiger partial charge in [0.2, 0.25) is 0 Å². The molecule has 1 N–H and O–H groups in total. The van der Waals surface area contributed by atoms with Crippen molar-refractivity contribution >= 4 is 17.0 Å². The van der Waals surface area contributed by atoms with E-state index in [9.17, 15) is 0 Å². The lowest BCUT2D eigenvalue weighted by atomic mass is 9.91. The number of hydrogen-bond donors (Lipinski definition) is 1. The molecule has 4 rings (SSSR count). The van der Waals surface area contributed by atoms with Crippen LogP contribution >= 0.6 is 0 Å². The maximum Gasteiger partial charge on any atom is 0.123 e. The van der Waals surface area contributed by atoms with Crippen LogP contribution in [-0.4, -0.2) is 15.2 Å². The Labute approximate surface area is 196 Å². The minimum atomic E-state index is 0.368. The van der Waals surface area contributed by atoms with Gasteiger partial charge in [0.25, 0.3) is 0 Å². The highest BCUT2D eigenvalue weighted by Gasteiger charge is 2.18. The summed E-state index contributed by atoms with van der Waals surface area (Å²) in [6.45, 7) is 17.5. The van der Waals surface area contributed by atoms with Gasteiger partial charge in [0.15, 0.2) is 0 Å². The van der Waals surface area contributed by atoms with Crippen LogP contribution in [0.25, 0.3) is 28.2 Å². The maximum absolute atomic E-state index is 6.30. The minimum Gasteiger partial charge on any atom is -0.489 e. The number of aromatic nitrogens is 3. The predicted molar refractivity (Wildman–Crippen MR) is 138 cm³/mol. The van der Waals surface area contributed by atoms with Gasteiger partial charge in [-0.2, -0.15) is 5.10 Å². The third-order valence-electron chi connectivity index (χ3n) is 6.37.